The van der Waals surface area contributed by atoms with Crippen LogP contribution in [0.1, 0.15) is 27.0 Å². The average Bonchev–Trinajstić information content (AvgIpc) is 3.18. The maximum atomic E-state index is 12.2. The molecular weight excluding hydrogens is 374 g/mol. The lowest BCUT2D eigenvalue weighted by Crippen LogP contribution is -2.02. The smallest absolute Gasteiger partial charge is 0.337 e. The van der Waals surface area contributed by atoms with Crippen molar-refractivity contribution in [3.63, 3.8) is 0 Å². The summed E-state index contributed by atoms with van der Waals surface area (Å²) in [7, 11) is 1.39. The summed E-state index contributed by atoms with van der Waals surface area (Å²) in [5, 5.41) is 12.3. The second-order valence-corrected chi connectivity index (χ2v) is 7.79. The van der Waals surface area contributed by atoms with Crippen LogP contribution >= 0.6 is 0 Å². The third kappa shape index (κ3) is 2.66. The number of ether oxygens (including phenoxy) is 1. The van der Waals surface area contributed by atoms with Crippen molar-refractivity contribution in [3.05, 3.63) is 76.9 Å². The van der Waals surface area contributed by atoms with E-state index in [4.69, 9.17) is 4.74 Å². The maximum absolute atomic E-state index is 12.2. The van der Waals surface area contributed by atoms with Crippen molar-refractivity contribution < 1.29 is 9.53 Å². The SMILES string of the molecule is COC(=O)c1ccc2c3cc(C)cc(C)c3c3c(-c4ccc(C)cc4)nnn3c2c1. The van der Waals surface area contributed by atoms with Crippen molar-refractivity contribution in [3.8, 4) is 11.3 Å². The van der Waals surface area contributed by atoms with Crippen molar-refractivity contribution in [2.24, 2.45) is 0 Å². The number of pyridine rings is 1. The van der Waals surface area contributed by atoms with E-state index >= 15 is 0 Å². The van der Waals surface area contributed by atoms with Gasteiger partial charge in [0.05, 0.1) is 18.2 Å². The highest BCUT2D eigenvalue weighted by molar-refractivity contribution is 6.17. The minimum Gasteiger partial charge on any atom is -0.465 e. The highest BCUT2D eigenvalue weighted by Crippen LogP contribution is 2.36. The fraction of sp³-hybridized carbons (Fsp3) is 0.160. The molecule has 0 spiro atoms. The second-order valence-electron chi connectivity index (χ2n) is 7.79. The number of methoxy groups -OCH3 is 1. The van der Waals surface area contributed by atoms with Gasteiger partial charge in [-0.1, -0.05) is 58.8 Å². The summed E-state index contributed by atoms with van der Waals surface area (Å²) in [5.41, 5.74) is 7.66. The molecule has 2 heterocycles. The van der Waals surface area contributed by atoms with E-state index in [0.29, 0.717) is 5.56 Å². The normalized spacial score (nSPS) is 11.5. The molecule has 0 aliphatic rings. The van der Waals surface area contributed by atoms with E-state index in [0.717, 1.165) is 38.4 Å². The van der Waals surface area contributed by atoms with Crippen molar-refractivity contribution >= 4 is 33.2 Å². The summed E-state index contributed by atoms with van der Waals surface area (Å²) in [5.74, 6) is -0.371. The van der Waals surface area contributed by atoms with Gasteiger partial charge in [0, 0.05) is 16.3 Å². The fourth-order valence-corrected chi connectivity index (χ4v) is 4.25. The zero-order valence-corrected chi connectivity index (χ0v) is 17.4. The zero-order valence-electron chi connectivity index (χ0n) is 17.4. The number of benzene rings is 3. The van der Waals surface area contributed by atoms with Gasteiger partial charge in [0.1, 0.15) is 11.2 Å². The average molecular weight is 395 g/mol. The number of hydrogen-bond donors (Lipinski definition) is 0. The number of hydrogen-bond acceptors (Lipinski definition) is 4. The van der Waals surface area contributed by atoms with Gasteiger partial charge in [-0.05, 0) is 43.9 Å². The van der Waals surface area contributed by atoms with Crippen LogP contribution in [0.3, 0.4) is 0 Å². The van der Waals surface area contributed by atoms with E-state index in [1.165, 1.54) is 23.8 Å². The first kappa shape index (κ1) is 18.3. The number of fused-ring (bicyclic) bond motifs is 6. The third-order valence-corrected chi connectivity index (χ3v) is 5.65. The Labute approximate surface area is 173 Å². The van der Waals surface area contributed by atoms with Crippen LogP contribution in [-0.2, 0) is 4.74 Å². The predicted octanol–water partition coefficient (Wildman–Crippen LogP) is 5.41. The molecule has 0 saturated heterocycles. The molecule has 5 rings (SSSR count). The van der Waals surface area contributed by atoms with Crippen LogP contribution in [0.2, 0.25) is 0 Å². The van der Waals surface area contributed by atoms with E-state index in [1.54, 1.807) is 6.07 Å². The Morgan fingerprint density at radius 1 is 0.900 bits per heavy atom. The molecule has 0 saturated carbocycles. The summed E-state index contributed by atoms with van der Waals surface area (Å²) in [6.07, 6.45) is 0. The zero-order chi connectivity index (χ0) is 21.0. The first-order valence-electron chi connectivity index (χ1n) is 9.85. The minimum absolute atomic E-state index is 0.371. The summed E-state index contributed by atoms with van der Waals surface area (Å²) >= 11 is 0. The van der Waals surface area contributed by atoms with Crippen LogP contribution in [0.15, 0.2) is 54.6 Å². The standard InChI is InChI=1S/C25H21N3O2/c1-14-5-7-17(8-6-14)23-24-22-16(3)11-15(2)12-20(22)19-10-9-18(25(29)30-4)13-21(19)28(24)27-26-23/h5-13H,1-4H3. The van der Waals surface area contributed by atoms with Crippen LogP contribution in [0.5, 0.6) is 0 Å². The molecule has 0 amide bonds. The Kier molecular flexibility index (Phi) is 4.07. The van der Waals surface area contributed by atoms with Crippen molar-refractivity contribution in [2.75, 3.05) is 7.11 Å². The lowest BCUT2D eigenvalue weighted by molar-refractivity contribution is 0.0601. The molecule has 0 aliphatic carbocycles. The molecule has 30 heavy (non-hydrogen) atoms. The van der Waals surface area contributed by atoms with Gasteiger partial charge >= 0.3 is 5.97 Å². The Balaban J connectivity index is 1.99. The van der Waals surface area contributed by atoms with Crippen LogP contribution in [0.4, 0.5) is 0 Å². The molecule has 0 radical (unpaired) electrons. The quantitative estimate of drug-likeness (QED) is 0.296. The number of aryl methyl sites for hydroxylation is 3. The maximum Gasteiger partial charge on any atom is 0.337 e. The molecule has 148 valence electrons. The van der Waals surface area contributed by atoms with Crippen LogP contribution in [-0.4, -0.2) is 27.9 Å². The molecule has 0 fully saturated rings. The largest absolute Gasteiger partial charge is 0.465 e. The Hall–Kier alpha value is -3.73. The van der Waals surface area contributed by atoms with Gasteiger partial charge in [0.25, 0.3) is 0 Å². The molecule has 5 nitrogen and oxygen atoms in total. The number of rotatable bonds is 2. The number of carbonyl (C=O) groups is 1. The highest BCUT2D eigenvalue weighted by Gasteiger charge is 2.19. The molecule has 0 aliphatic heterocycles. The van der Waals surface area contributed by atoms with Gasteiger partial charge < -0.3 is 4.74 Å². The molecule has 0 atom stereocenters. The topological polar surface area (TPSA) is 56.5 Å². The monoisotopic (exact) mass is 395 g/mol. The minimum atomic E-state index is -0.371. The molecule has 0 N–H and O–H groups in total. The van der Waals surface area contributed by atoms with E-state index in [1.807, 2.05) is 16.6 Å². The van der Waals surface area contributed by atoms with Gasteiger partial charge in [0.2, 0.25) is 0 Å². The Morgan fingerprint density at radius 2 is 1.67 bits per heavy atom. The van der Waals surface area contributed by atoms with E-state index in [2.05, 4.69) is 67.5 Å². The van der Waals surface area contributed by atoms with Crippen molar-refractivity contribution in [1.29, 1.82) is 0 Å². The molecule has 3 aromatic carbocycles. The predicted molar refractivity (Wildman–Crippen MR) is 119 cm³/mol. The molecule has 5 aromatic rings. The Morgan fingerprint density at radius 3 is 2.40 bits per heavy atom. The van der Waals surface area contributed by atoms with Gasteiger partial charge in [-0.25, -0.2) is 9.31 Å². The van der Waals surface area contributed by atoms with Crippen LogP contribution in [0.25, 0.3) is 38.4 Å². The van der Waals surface area contributed by atoms with E-state index in [-0.39, 0.29) is 5.97 Å². The van der Waals surface area contributed by atoms with E-state index in [9.17, 15) is 4.79 Å². The van der Waals surface area contributed by atoms with Gasteiger partial charge in [-0.2, -0.15) is 0 Å². The molecule has 2 aromatic heterocycles. The summed E-state index contributed by atoms with van der Waals surface area (Å²) in [4.78, 5) is 12.2. The van der Waals surface area contributed by atoms with Crippen LogP contribution < -0.4 is 0 Å². The highest BCUT2D eigenvalue weighted by atomic mass is 16.5. The van der Waals surface area contributed by atoms with E-state index < -0.39 is 0 Å². The first-order valence-corrected chi connectivity index (χ1v) is 9.85. The number of esters is 1. The summed E-state index contributed by atoms with van der Waals surface area (Å²) in [6, 6.07) is 18.3. The van der Waals surface area contributed by atoms with Crippen molar-refractivity contribution in [2.45, 2.75) is 20.8 Å². The lowest BCUT2D eigenvalue weighted by Gasteiger charge is -2.13. The molecule has 0 bridgehead atoms. The number of carbonyl (C=O) groups excluding carboxylic acids is 1. The van der Waals surface area contributed by atoms with Crippen LogP contribution in [0, 0.1) is 20.8 Å². The number of aromatic nitrogens is 3. The summed E-state index contributed by atoms with van der Waals surface area (Å²) in [6.45, 7) is 6.29. The van der Waals surface area contributed by atoms with Crippen molar-refractivity contribution in [1.82, 2.24) is 14.8 Å². The van der Waals surface area contributed by atoms with Gasteiger partial charge in [0.15, 0.2) is 0 Å². The molecule has 5 heteroatoms. The second kappa shape index (κ2) is 6.66. The third-order valence-electron chi connectivity index (χ3n) is 5.65. The summed E-state index contributed by atoms with van der Waals surface area (Å²) < 4.78 is 6.77. The molecular formula is C25H21N3O2. The lowest BCUT2D eigenvalue weighted by atomic mass is 9.96. The molecule has 0 unspecified atom stereocenters. The first-order chi connectivity index (χ1) is 14.5. The van der Waals surface area contributed by atoms with Gasteiger partial charge in [-0.3, -0.25) is 0 Å². The fourth-order valence-electron chi connectivity index (χ4n) is 4.25. The van der Waals surface area contributed by atoms with Gasteiger partial charge in [-0.15, -0.1) is 5.10 Å². The number of nitrogens with zero attached hydrogens (tertiary/aromatic N) is 3. The Bertz CT molecular complexity index is 1460.